The van der Waals surface area contributed by atoms with Crippen LogP contribution in [0, 0.1) is 0 Å². The van der Waals surface area contributed by atoms with E-state index in [-0.39, 0.29) is 23.6 Å². The molecular weight excluding hydrogens is 316 g/mol. The largest absolute Gasteiger partial charge is 0.478 e. The fraction of sp³-hybridized carbons (Fsp3) is 0.250. The molecule has 0 unspecified atom stereocenters. The van der Waals surface area contributed by atoms with Gasteiger partial charge < -0.3 is 15.3 Å². The van der Waals surface area contributed by atoms with Crippen LogP contribution in [0.15, 0.2) is 22.7 Å². The molecule has 19 heavy (non-hydrogen) atoms. The number of nitrogens with zero attached hydrogens (tertiary/aromatic N) is 1. The summed E-state index contributed by atoms with van der Waals surface area (Å²) in [5.74, 6) is -1.85. The molecule has 0 aliphatic carbocycles. The summed E-state index contributed by atoms with van der Waals surface area (Å²) < 4.78 is 0.490. The first-order chi connectivity index (χ1) is 8.85. The molecule has 6 nitrogen and oxygen atoms in total. The molecule has 0 atom stereocenters. The molecule has 0 saturated heterocycles. The Balaban J connectivity index is 2.99. The zero-order valence-electron chi connectivity index (χ0n) is 10.4. The maximum absolute atomic E-state index is 12.1. The van der Waals surface area contributed by atoms with Gasteiger partial charge in [-0.3, -0.25) is 9.59 Å². The number of aromatic carboxylic acids is 1. The molecule has 0 aromatic heterocycles. The molecule has 0 radical (unpaired) electrons. The molecule has 0 fully saturated rings. The summed E-state index contributed by atoms with van der Waals surface area (Å²) >= 11 is 3.15. The Morgan fingerprint density at radius 3 is 2.37 bits per heavy atom. The molecule has 7 heteroatoms. The Bertz CT molecular complexity index is 530. The molecule has 0 heterocycles. The number of nitrogens with one attached hydrogen (secondary N) is 1. The van der Waals surface area contributed by atoms with E-state index in [1.165, 1.54) is 37.2 Å². The lowest BCUT2D eigenvalue weighted by Crippen LogP contribution is -2.36. The van der Waals surface area contributed by atoms with E-state index in [9.17, 15) is 14.4 Å². The van der Waals surface area contributed by atoms with Crippen molar-refractivity contribution in [3.05, 3.63) is 33.8 Å². The van der Waals surface area contributed by atoms with E-state index in [0.717, 1.165) is 0 Å². The zero-order valence-corrected chi connectivity index (χ0v) is 12.0. The Hall–Kier alpha value is -1.89. The van der Waals surface area contributed by atoms with E-state index in [1.54, 1.807) is 0 Å². The summed E-state index contributed by atoms with van der Waals surface area (Å²) in [5.41, 5.74) is 0.212. The highest BCUT2D eigenvalue weighted by atomic mass is 79.9. The van der Waals surface area contributed by atoms with E-state index >= 15 is 0 Å². The first-order valence-electron chi connectivity index (χ1n) is 5.35. The standard InChI is InChI=1S/C12H13BrN2O4/c1-14-10(16)6-15(2)11(17)7-3-8(12(18)19)5-9(13)4-7/h3-5H,6H2,1-2H3,(H,14,16)(H,18,19). The lowest BCUT2D eigenvalue weighted by molar-refractivity contribution is -0.121. The van der Waals surface area contributed by atoms with Crippen LogP contribution in [0.4, 0.5) is 0 Å². The van der Waals surface area contributed by atoms with Gasteiger partial charge in [-0.05, 0) is 18.2 Å². The quantitative estimate of drug-likeness (QED) is 0.862. The lowest BCUT2D eigenvalue weighted by atomic mass is 10.1. The van der Waals surface area contributed by atoms with Crippen molar-refractivity contribution in [2.24, 2.45) is 0 Å². The zero-order chi connectivity index (χ0) is 14.6. The van der Waals surface area contributed by atoms with Gasteiger partial charge in [0.1, 0.15) is 0 Å². The second-order valence-electron chi connectivity index (χ2n) is 3.87. The fourth-order valence-corrected chi connectivity index (χ4v) is 1.92. The van der Waals surface area contributed by atoms with Gasteiger partial charge in [0.25, 0.3) is 5.91 Å². The number of likely N-dealkylation sites (N-methyl/N-ethyl adjacent to an activating group) is 2. The molecule has 1 rings (SSSR count). The highest BCUT2D eigenvalue weighted by Gasteiger charge is 2.16. The average Bonchev–Trinajstić information content (AvgIpc) is 2.36. The number of benzene rings is 1. The normalized spacial score (nSPS) is 9.84. The summed E-state index contributed by atoms with van der Waals surface area (Å²) in [6.07, 6.45) is 0. The third kappa shape index (κ3) is 4.06. The fourth-order valence-electron chi connectivity index (χ4n) is 1.42. The van der Waals surface area contributed by atoms with Crippen LogP contribution in [0.25, 0.3) is 0 Å². The van der Waals surface area contributed by atoms with Gasteiger partial charge in [-0.15, -0.1) is 0 Å². The van der Waals surface area contributed by atoms with Gasteiger partial charge in [0, 0.05) is 24.1 Å². The van der Waals surface area contributed by atoms with Crippen molar-refractivity contribution in [3.8, 4) is 0 Å². The lowest BCUT2D eigenvalue weighted by Gasteiger charge is -2.16. The molecule has 0 saturated carbocycles. The third-order valence-electron chi connectivity index (χ3n) is 2.40. The summed E-state index contributed by atoms with van der Waals surface area (Å²) in [6.45, 7) is -0.0930. The molecule has 0 aliphatic rings. The molecular formula is C12H13BrN2O4. The molecule has 1 aromatic rings. The van der Waals surface area contributed by atoms with Gasteiger partial charge in [-0.2, -0.15) is 0 Å². The van der Waals surface area contributed by atoms with Crippen LogP contribution in [0.3, 0.4) is 0 Å². The van der Waals surface area contributed by atoms with Crippen LogP contribution in [0.5, 0.6) is 0 Å². The number of carboxylic acids is 1. The average molecular weight is 329 g/mol. The third-order valence-corrected chi connectivity index (χ3v) is 2.86. The number of hydrogen-bond donors (Lipinski definition) is 2. The van der Waals surface area contributed by atoms with Gasteiger partial charge in [0.2, 0.25) is 5.91 Å². The van der Waals surface area contributed by atoms with Crippen molar-refractivity contribution in [2.45, 2.75) is 0 Å². The summed E-state index contributed by atoms with van der Waals surface area (Å²) in [7, 11) is 2.95. The number of hydrogen-bond acceptors (Lipinski definition) is 3. The number of halogens is 1. The maximum Gasteiger partial charge on any atom is 0.335 e. The van der Waals surface area contributed by atoms with Gasteiger partial charge in [0.15, 0.2) is 0 Å². The van der Waals surface area contributed by atoms with Crippen LogP contribution in [0.2, 0.25) is 0 Å². The molecule has 0 aliphatic heterocycles. The SMILES string of the molecule is CNC(=O)CN(C)C(=O)c1cc(Br)cc(C(=O)O)c1. The first kappa shape index (κ1) is 15.2. The monoisotopic (exact) mass is 328 g/mol. The number of rotatable bonds is 4. The minimum Gasteiger partial charge on any atom is -0.478 e. The minimum atomic E-state index is -1.12. The van der Waals surface area contributed by atoms with E-state index in [2.05, 4.69) is 21.2 Å². The Labute approximate surface area is 118 Å². The van der Waals surface area contributed by atoms with Crippen molar-refractivity contribution >= 4 is 33.7 Å². The smallest absolute Gasteiger partial charge is 0.335 e. The summed E-state index contributed by atoms with van der Waals surface area (Å²) in [6, 6.07) is 4.18. The van der Waals surface area contributed by atoms with Crippen LogP contribution in [-0.4, -0.2) is 48.4 Å². The summed E-state index contributed by atoms with van der Waals surface area (Å²) in [5, 5.41) is 11.3. The molecule has 2 N–H and O–H groups in total. The Morgan fingerprint density at radius 1 is 1.26 bits per heavy atom. The number of carbonyl (C=O) groups is 3. The van der Waals surface area contributed by atoms with Gasteiger partial charge in [-0.25, -0.2) is 4.79 Å². The first-order valence-corrected chi connectivity index (χ1v) is 6.14. The van der Waals surface area contributed by atoms with Crippen molar-refractivity contribution in [1.29, 1.82) is 0 Å². The van der Waals surface area contributed by atoms with Crippen LogP contribution in [-0.2, 0) is 4.79 Å². The predicted molar refractivity (Wildman–Crippen MR) is 72.1 cm³/mol. The predicted octanol–water partition coefficient (Wildman–Crippen LogP) is 0.965. The molecule has 0 bridgehead atoms. The van der Waals surface area contributed by atoms with Crippen molar-refractivity contribution in [1.82, 2.24) is 10.2 Å². The number of carbonyl (C=O) groups excluding carboxylic acids is 2. The second-order valence-corrected chi connectivity index (χ2v) is 4.78. The van der Waals surface area contributed by atoms with Crippen LogP contribution in [0.1, 0.15) is 20.7 Å². The highest BCUT2D eigenvalue weighted by Crippen LogP contribution is 2.17. The Kier molecular flexibility index (Phi) is 5.05. The molecule has 0 spiro atoms. The molecule has 1 aromatic carbocycles. The van der Waals surface area contributed by atoms with Crippen LogP contribution >= 0.6 is 15.9 Å². The van der Waals surface area contributed by atoms with Gasteiger partial charge in [-0.1, -0.05) is 15.9 Å². The van der Waals surface area contributed by atoms with Gasteiger partial charge >= 0.3 is 5.97 Å². The van der Waals surface area contributed by atoms with Crippen molar-refractivity contribution < 1.29 is 19.5 Å². The molecule has 2 amide bonds. The van der Waals surface area contributed by atoms with Crippen molar-refractivity contribution in [2.75, 3.05) is 20.6 Å². The van der Waals surface area contributed by atoms with E-state index in [0.29, 0.717) is 4.47 Å². The minimum absolute atomic E-state index is 0.00562. The van der Waals surface area contributed by atoms with E-state index < -0.39 is 11.9 Å². The maximum atomic E-state index is 12.1. The topological polar surface area (TPSA) is 86.7 Å². The van der Waals surface area contributed by atoms with Crippen LogP contribution < -0.4 is 5.32 Å². The highest BCUT2D eigenvalue weighted by molar-refractivity contribution is 9.10. The second kappa shape index (κ2) is 6.33. The molecule has 102 valence electrons. The van der Waals surface area contributed by atoms with Gasteiger partial charge in [0.05, 0.1) is 12.1 Å². The summed E-state index contributed by atoms with van der Waals surface area (Å²) in [4.78, 5) is 35.4. The van der Waals surface area contributed by atoms with Crippen molar-refractivity contribution in [3.63, 3.8) is 0 Å². The number of carboxylic acid groups (broad SMARTS) is 1. The van der Waals surface area contributed by atoms with E-state index in [4.69, 9.17) is 5.11 Å². The van der Waals surface area contributed by atoms with E-state index in [1.807, 2.05) is 0 Å². The number of amides is 2. The Morgan fingerprint density at radius 2 is 1.84 bits per heavy atom.